The van der Waals surface area contributed by atoms with E-state index < -0.39 is 0 Å². The molecule has 0 saturated carbocycles. The van der Waals surface area contributed by atoms with Crippen molar-refractivity contribution < 1.29 is 9.47 Å². The molecular formula is C13H19ClO2. The second-order valence-electron chi connectivity index (χ2n) is 3.65. The van der Waals surface area contributed by atoms with Crippen molar-refractivity contribution in [3.05, 3.63) is 24.3 Å². The van der Waals surface area contributed by atoms with Crippen LogP contribution in [0.15, 0.2) is 24.3 Å². The number of rotatable bonds is 7. The van der Waals surface area contributed by atoms with Crippen LogP contribution in [0.4, 0.5) is 0 Å². The van der Waals surface area contributed by atoms with E-state index in [-0.39, 0.29) is 5.38 Å². The lowest BCUT2D eigenvalue weighted by atomic mass is 10.2. The van der Waals surface area contributed by atoms with Crippen LogP contribution in [-0.4, -0.2) is 19.1 Å². The van der Waals surface area contributed by atoms with Gasteiger partial charge in [0.25, 0.3) is 0 Å². The molecular weight excluding hydrogens is 224 g/mol. The maximum Gasteiger partial charge on any atom is 0.161 e. The summed E-state index contributed by atoms with van der Waals surface area (Å²) in [6, 6.07) is 7.67. The largest absolute Gasteiger partial charge is 0.493 e. The summed E-state index contributed by atoms with van der Waals surface area (Å²) in [7, 11) is 1.65. The van der Waals surface area contributed by atoms with Gasteiger partial charge in [-0.3, -0.25) is 0 Å². The molecule has 0 aliphatic carbocycles. The zero-order chi connectivity index (χ0) is 11.8. The average Bonchev–Trinajstić information content (AvgIpc) is 2.34. The average molecular weight is 243 g/mol. The highest BCUT2D eigenvalue weighted by Gasteiger charge is 2.04. The smallest absolute Gasteiger partial charge is 0.161 e. The molecule has 0 radical (unpaired) electrons. The summed E-state index contributed by atoms with van der Waals surface area (Å²) >= 11 is 6.03. The van der Waals surface area contributed by atoms with E-state index in [1.807, 2.05) is 24.3 Å². The second kappa shape index (κ2) is 7.39. The van der Waals surface area contributed by atoms with Gasteiger partial charge >= 0.3 is 0 Å². The highest BCUT2D eigenvalue weighted by molar-refractivity contribution is 6.20. The van der Waals surface area contributed by atoms with Gasteiger partial charge in [0.1, 0.15) is 0 Å². The van der Waals surface area contributed by atoms with Gasteiger partial charge in [-0.15, -0.1) is 11.6 Å². The SMILES string of the molecule is CCC(Cl)CCCOc1ccccc1OC. The number of methoxy groups -OCH3 is 1. The van der Waals surface area contributed by atoms with Crippen LogP contribution < -0.4 is 9.47 Å². The summed E-state index contributed by atoms with van der Waals surface area (Å²) in [5.41, 5.74) is 0. The third-order valence-corrected chi connectivity index (χ3v) is 2.96. The molecule has 1 rings (SSSR count). The number of ether oxygens (including phenoxy) is 2. The fourth-order valence-electron chi connectivity index (χ4n) is 1.43. The molecule has 0 bridgehead atoms. The van der Waals surface area contributed by atoms with Crippen molar-refractivity contribution in [1.29, 1.82) is 0 Å². The number of para-hydroxylation sites is 2. The normalized spacial score (nSPS) is 12.2. The van der Waals surface area contributed by atoms with Gasteiger partial charge in [0.15, 0.2) is 11.5 Å². The minimum Gasteiger partial charge on any atom is -0.493 e. The van der Waals surface area contributed by atoms with E-state index in [4.69, 9.17) is 21.1 Å². The Hall–Kier alpha value is -0.890. The van der Waals surface area contributed by atoms with Crippen molar-refractivity contribution in [2.45, 2.75) is 31.6 Å². The molecule has 0 fully saturated rings. The van der Waals surface area contributed by atoms with Crippen molar-refractivity contribution in [3.8, 4) is 11.5 Å². The number of hydrogen-bond acceptors (Lipinski definition) is 2. The maximum absolute atomic E-state index is 6.03. The Kier molecular flexibility index (Phi) is 6.09. The molecule has 0 aliphatic heterocycles. The molecule has 3 heteroatoms. The first-order valence-electron chi connectivity index (χ1n) is 5.67. The predicted molar refractivity (Wildman–Crippen MR) is 67.7 cm³/mol. The van der Waals surface area contributed by atoms with Gasteiger partial charge in [-0.2, -0.15) is 0 Å². The lowest BCUT2D eigenvalue weighted by Crippen LogP contribution is -2.03. The molecule has 90 valence electrons. The van der Waals surface area contributed by atoms with Crippen LogP contribution in [0.5, 0.6) is 11.5 Å². The Balaban J connectivity index is 2.31. The highest BCUT2D eigenvalue weighted by atomic mass is 35.5. The van der Waals surface area contributed by atoms with Gasteiger partial charge < -0.3 is 9.47 Å². The first kappa shape index (κ1) is 13.2. The molecule has 0 heterocycles. The number of hydrogen-bond donors (Lipinski definition) is 0. The minimum atomic E-state index is 0.265. The molecule has 1 aromatic rings. The molecule has 1 unspecified atom stereocenters. The number of alkyl halides is 1. The maximum atomic E-state index is 6.03. The molecule has 0 spiro atoms. The molecule has 0 N–H and O–H groups in total. The summed E-state index contributed by atoms with van der Waals surface area (Å²) in [4.78, 5) is 0. The van der Waals surface area contributed by atoms with E-state index in [9.17, 15) is 0 Å². The second-order valence-corrected chi connectivity index (χ2v) is 4.26. The lowest BCUT2D eigenvalue weighted by molar-refractivity contribution is 0.285. The minimum absolute atomic E-state index is 0.265. The van der Waals surface area contributed by atoms with E-state index in [1.54, 1.807) is 7.11 Å². The predicted octanol–water partition coefficient (Wildman–Crippen LogP) is 3.87. The standard InChI is InChI=1S/C13H19ClO2/c1-3-11(14)7-6-10-16-13-9-5-4-8-12(13)15-2/h4-5,8-9,11H,3,6-7,10H2,1-2H3. The summed E-state index contributed by atoms with van der Waals surface area (Å²) in [5.74, 6) is 1.58. The van der Waals surface area contributed by atoms with E-state index in [0.717, 1.165) is 30.8 Å². The summed E-state index contributed by atoms with van der Waals surface area (Å²) in [5, 5.41) is 0.265. The van der Waals surface area contributed by atoms with Crippen LogP contribution >= 0.6 is 11.6 Å². The van der Waals surface area contributed by atoms with E-state index >= 15 is 0 Å². The van der Waals surface area contributed by atoms with Crippen molar-refractivity contribution in [2.75, 3.05) is 13.7 Å². The Morgan fingerprint density at radius 1 is 1.25 bits per heavy atom. The third kappa shape index (κ3) is 4.31. The number of halogens is 1. The monoisotopic (exact) mass is 242 g/mol. The van der Waals surface area contributed by atoms with Gasteiger partial charge in [0.05, 0.1) is 13.7 Å². The van der Waals surface area contributed by atoms with E-state index in [0.29, 0.717) is 6.61 Å². The molecule has 0 aliphatic rings. The molecule has 0 amide bonds. The van der Waals surface area contributed by atoms with Gasteiger partial charge in [-0.25, -0.2) is 0 Å². The van der Waals surface area contributed by atoms with Gasteiger partial charge in [0.2, 0.25) is 0 Å². The van der Waals surface area contributed by atoms with Gasteiger partial charge in [0, 0.05) is 5.38 Å². The lowest BCUT2D eigenvalue weighted by Gasteiger charge is -2.11. The van der Waals surface area contributed by atoms with Crippen molar-refractivity contribution in [1.82, 2.24) is 0 Å². The highest BCUT2D eigenvalue weighted by Crippen LogP contribution is 2.26. The fourth-order valence-corrected chi connectivity index (χ4v) is 1.58. The molecule has 2 nitrogen and oxygen atoms in total. The van der Waals surface area contributed by atoms with Crippen molar-refractivity contribution in [2.24, 2.45) is 0 Å². The molecule has 0 aromatic heterocycles. The molecule has 1 aromatic carbocycles. The molecule has 0 saturated heterocycles. The van der Waals surface area contributed by atoms with Crippen LogP contribution in [0.25, 0.3) is 0 Å². The Morgan fingerprint density at radius 2 is 1.94 bits per heavy atom. The first-order valence-corrected chi connectivity index (χ1v) is 6.11. The van der Waals surface area contributed by atoms with Crippen LogP contribution in [0.1, 0.15) is 26.2 Å². The zero-order valence-electron chi connectivity index (χ0n) is 9.91. The third-order valence-electron chi connectivity index (χ3n) is 2.43. The molecule has 1 atom stereocenters. The van der Waals surface area contributed by atoms with Gasteiger partial charge in [-0.05, 0) is 31.4 Å². The topological polar surface area (TPSA) is 18.5 Å². The first-order chi connectivity index (χ1) is 7.77. The number of benzene rings is 1. The van der Waals surface area contributed by atoms with Crippen LogP contribution in [-0.2, 0) is 0 Å². The van der Waals surface area contributed by atoms with Crippen molar-refractivity contribution >= 4 is 11.6 Å². The Bertz CT molecular complexity index is 302. The summed E-state index contributed by atoms with van der Waals surface area (Å²) in [6.45, 7) is 2.78. The van der Waals surface area contributed by atoms with Crippen molar-refractivity contribution in [3.63, 3.8) is 0 Å². The molecule has 16 heavy (non-hydrogen) atoms. The summed E-state index contributed by atoms with van der Waals surface area (Å²) in [6.07, 6.45) is 2.98. The fraction of sp³-hybridized carbons (Fsp3) is 0.538. The van der Waals surface area contributed by atoms with E-state index in [2.05, 4.69) is 6.92 Å². The van der Waals surface area contributed by atoms with Crippen LogP contribution in [0.3, 0.4) is 0 Å². The van der Waals surface area contributed by atoms with Crippen LogP contribution in [0.2, 0.25) is 0 Å². The zero-order valence-corrected chi connectivity index (χ0v) is 10.7. The van der Waals surface area contributed by atoms with Crippen LogP contribution in [0, 0.1) is 0 Å². The van der Waals surface area contributed by atoms with E-state index in [1.165, 1.54) is 0 Å². The van der Waals surface area contributed by atoms with Gasteiger partial charge in [-0.1, -0.05) is 19.1 Å². The quantitative estimate of drug-likeness (QED) is 0.534. The Labute approximate surface area is 103 Å². The Morgan fingerprint density at radius 3 is 2.56 bits per heavy atom. The summed E-state index contributed by atoms with van der Waals surface area (Å²) < 4.78 is 10.8.